The fourth-order valence-electron chi connectivity index (χ4n) is 1.32. The minimum absolute atomic E-state index is 0.420. The van der Waals surface area contributed by atoms with Crippen LogP contribution in [-0.2, 0) is 6.54 Å². The van der Waals surface area contributed by atoms with Gasteiger partial charge in [-0.2, -0.15) is 4.98 Å². The second-order valence-electron chi connectivity index (χ2n) is 3.67. The molecule has 0 aliphatic heterocycles. The standard InChI is InChI=1S/C10H12ClN5O/c1-5-6(2)10(15-14-9(5)11)12-4-8-13-7(3)17-16-8/h4H2,1-3H3,(H,12,15). The van der Waals surface area contributed by atoms with Crippen molar-refractivity contribution in [1.82, 2.24) is 20.3 Å². The molecule has 2 aromatic rings. The van der Waals surface area contributed by atoms with Gasteiger partial charge in [0.1, 0.15) is 0 Å². The predicted octanol–water partition coefficient (Wildman–Crippen LogP) is 2.05. The number of nitrogens with one attached hydrogen (secondary N) is 1. The summed E-state index contributed by atoms with van der Waals surface area (Å²) >= 11 is 5.87. The first kappa shape index (κ1) is 11.8. The summed E-state index contributed by atoms with van der Waals surface area (Å²) in [6.07, 6.45) is 0. The Labute approximate surface area is 103 Å². The zero-order chi connectivity index (χ0) is 12.4. The molecular weight excluding hydrogens is 242 g/mol. The molecule has 2 rings (SSSR count). The third kappa shape index (κ3) is 2.52. The average molecular weight is 254 g/mol. The highest BCUT2D eigenvalue weighted by molar-refractivity contribution is 6.30. The van der Waals surface area contributed by atoms with Gasteiger partial charge >= 0.3 is 0 Å². The fraction of sp³-hybridized carbons (Fsp3) is 0.400. The molecule has 6 nitrogen and oxygen atoms in total. The quantitative estimate of drug-likeness (QED) is 0.902. The van der Waals surface area contributed by atoms with E-state index in [0.29, 0.717) is 29.2 Å². The van der Waals surface area contributed by atoms with Gasteiger partial charge in [-0.1, -0.05) is 16.8 Å². The van der Waals surface area contributed by atoms with Gasteiger partial charge in [-0.15, -0.1) is 10.2 Å². The summed E-state index contributed by atoms with van der Waals surface area (Å²) in [7, 11) is 0. The van der Waals surface area contributed by atoms with Gasteiger partial charge in [-0.25, -0.2) is 0 Å². The lowest BCUT2D eigenvalue weighted by atomic mass is 10.2. The van der Waals surface area contributed by atoms with Crippen molar-refractivity contribution >= 4 is 17.4 Å². The van der Waals surface area contributed by atoms with Crippen molar-refractivity contribution < 1.29 is 4.52 Å². The molecule has 0 fully saturated rings. The summed E-state index contributed by atoms with van der Waals surface area (Å²) in [6, 6.07) is 0. The highest BCUT2D eigenvalue weighted by atomic mass is 35.5. The van der Waals surface area contributed by atoms with E-state index in [9.17, 15) is 0 Å². The zero-order valence-electron chi connectivity index (χ0n) is 9.78. The van der Waals surface area contributed by atoms with Crippen molar-refractivity contribution in [3.05, 3.63) is 28.0 Å². The zero-order valence-corrected chi connectivity index (χ0v) is 10.5. The molecule has 90 valence electrons. The number of halogens is 1. The van der Waals surface area contributed by atoms with E-state index in [2.05, 4.69) is 25.7 Å². The van der Waals surface area contributed by atoms with E-state index in [1.807, 2.05) is 13.8 Å². The molecule has 0 unspecified atom stereocenters. The summed E-state index contributed by atoms with van der Waals surface area (Å²) in [4.78, 5) is 4.08. The molecular formula is C10H12ClN5O. The summed E-state index contributed by atoms with van der Waals surface area (Å²) in [6.45, 7) is 6.01. The van der Waals surface area contributed by atoms with E-state index in [1.165, 1.54) is 0 Å². The molecule has 0 bridgehead atoms. The van der Waals surface area contributed by atoms with Crippen LogP contribution in [0.5, 0.6) is 0 Å². The summed E-state index contributed by atoms with van der Waals surface area (Å²) in [5.41, 5.74) is 1.87. The minimum Gasteiger partial charge on any atom is -0.361 e. The Morgan fingerprint density at radius 1 is 1.18 bits per heavy atom. The molecule has 0 aromatic carbocycles. The van der Waals surface area contributed by atoms with Gasteiger partial charge in [0, 0.05) is 6.92 Å². The van der Waals surface area contributed by atoms with Crippen LogP contribution in [0.2, 0.25) is 5.15 Å². The SMILES string of the molecule is Cc1nc(CNc2nnc(Cl)c(C)c2C)no1. The summed E-state index contributed by atoms with van der Waals surface area (Å²) in [5, 5.41) is 15.1. The lowest BCUT2D eigenvalue weighted by Gasteiger charge is -2.08. The van der Waals surface area contributed by atoms with Crippen LogP contribution in [0, 0.1) is 20.8 Å². The number of hydrogen-bond acceptors (Lipinski definition) is 6. The van der Waals surface area contributed by atoms with Crippen molar-refractivity contribution in [2.45, 2.75) is 27.3 Å². The smallest absolute Gasteiger partial charge is 0.223 e. The van der Waals surface area contributed by atoms with Crippen LogP contribution in [0.4, 0.5) is 5.82 Å². The van der Waals surface area contributed by atoms with Gasteiger partial charge in [0.25, 0.3) is 0 Å². The number of aryl methyl sites for hydroxylation is 1. The third-order valence-corrected chi connectivity index (χ3v) is 2.81. The molecule has 17 heavy (non-hydrogen) atoms. The van der Waals surface area contributed by atoms with E-state index < -0.39 is 0 Å². The molecule has 0 saturated heterocycles. The van der Waals surface area contributed by atoms with Crippen molar-refractivity contribution in [3.8, 4) is 0 Å². The van der Waals surface area contributed by atoms with Crippen molar-refractivity contribution in [1.29, 1.82) is 0 Å². The maximum atomic E-state index is 5.87. The van der Waals surface area contributed by atoms with Crippen LogP contribution in [0.25, 0.3) is 0 Å². The van der Waals surface area contributed by atoms with Crippen LogP contribution >= 0.6 is 11.6 Å². The lowest BCUT2D eigenvalue weighted by molar-refractivity contribution is 0.388. The van der Waals surface area contributed by atoms with E-state index in [1.54, 1.807) is 6.92 Å². The largest absolute Gasteiger partial charge is 0.361 e. The Hall–Kier alpha value is -1.69. The second-order valence-corrected chi connectivity index (χ2v) is 4.03. The molecule has 0 aliphatic carbocycles. The Kier molecular flexibility index (Phi) is 3.23. The molecule has 0 spiro atoms. The van der Waals surface area contributed by atoms with Crippen LogP contribution in [0.1, 0.15) is 22.8 Å². The Morgan fingerprint density at radius 3 is 2.59 bits per heavy atom. The van der Waals surface area contributed by atoms with Crippen molar-refractivity contribution in [2.75, 3.05) is 5.32 Å². The van der Waals surface area contributed by atoms with E-state index >= 15 is 0 Å². The first-order valence-electron chi connectivity index (χ1n) is 5.10. The maximum absolute atomic E-state index is 5.87. The lowest BCUT2D eigenvalue weighted by Crippen LogP contribution is -2.07. The molecule has 2 aromatic heterocycles. The Bertz CT molecular complexity index is 539. The molecule has 0 amide bonds. The molecule has 2 heterocycles. The topological polar surface area (TPSA) is 76.7 Å². The fourth-order valence-corrected chi connectivity index (χ4v) is 1.50. The van der Waals surface area contributed by atoms with Gasteiger partial charge in [0.2, 0.25) is 5.89 Å². The number of anilines is 1. The van der Waals surface area contributed by atoms with Gasteiger partial charge in [0.15, 0.2) is 16.8 Å². The Morgan fingerprint density at radius 2 is 1.94 bits per heavy atom. The van der Waals surface area contributed by atoms with Gasteiger partial charge in [-0.05, 0) is 25.0 Å². The van der Waals surface area contributed by atoms with Gasteiger partial charge in [0.05, 0.1) is 6.54 Å². The van der Waals surface area contributed by atoms with E-state index in [-0.39, 0.29) is 0 Å². The number of hydrogen-bond donors (Lipinski definition) is 1. The summed E-state index contributed by atoms with van der Waals surface area (Å²) < 4.78 is 4.87. The second kappa shape index (κ2) is 4.67. The van der Waals surface area contributed by atoms with Crippen LogP contribution in [0.3, 0.4) is 0 Å². The minimum atomic E-state index is 0.420. The van der Waals surface area contributed by atoms with Gasteiger partial charge < -0.3 is 9.84 Å². The third-order valence-electron chi connectivity index (χ3n) is 2.45. The molecule has 0 radical (unpaired) electrons. The van der Waals surface area contributed by atoms with Crippen LogP contribution in [0.15, 0.2) is 4.52 Å². The highest BCUT2D eigenvalue weighted by Crippen LogP contribution is 2.20. The molecule has 0 atom stereocenters. The van der Waals surface area contributed by atoms with E-state index in [4.69, 9.17) is 16.1 Å². The van der Waals surface area contributed by atoms with Gasteiger partial charge in [-0.3, -0.25) is 0 Å². The van der Waals surface area contributed by atoms with E-state index in [0.717, 1.165) is 11.1 Å². The first-order chi connectivity index (χ1) is 8.08. The molecule has 7 heteroatoms. The molecule has 0 aliphatic rings. The predicted molar refractivity (Wildman–Crippen MR) is 62.9 cm³/mol. The number of nitrogens with zero attached hydrogens (tertiary/aromatic N) is 4. The normalized spacial score (nSPS) is 10.6. The van der Waals surface area contributed by atoms with Crippen LogP contribution in [-0.4, -0.2) is 20.3 Å². The molecule has 0 saturated carbocycles. The summed E-state index contributed by atoms with van der Waals surface area (Å²) in [5.74, 6) is 1.79. The highest BCUT2D eigenvalue weighted by Gasteiger charge is 2.09. The molecule has 1 N–H and O–H groups in total. The van der Waals surface area contributed by atoms with Crippen LogP contribution < -0.4 is 5.32 Å². The van der Waals surface area contributed by atoms with Crippen molar-refractivity contribution in [3.63, 3.8) is 0 Å². The average Bonchev–Trinajstić information content (AvgIpc) is 2.71. The number of aromatic nitrogens is 4. The first-order valence-corrected chi connectivity index (χ1v) is 5.48. The van der Waals surface area contributed by atoms with Crippen molar-refractivity contribution in [2.24, 2.45) is 0 Å². The monoisotopic (exact) mass is 253 g/mol. The Balaban J connectivity index is 2.12. The maximum Gasteiger partial charge on any atom is 0.223 e. The number of rotatable bonds is 3.